The van der Waals surface area contributed by atoms with E-state index >= 15 is 0 Å². The molecule has 0 saturated carbocycles. The molecule has 0 radical (unpaired) electrons. The zero-order valence-corrected chi connectivity index (χ0v) is 18.3. The first-order chi connectivity index (χ1) is 15.7. The van der Waals surface area contributed by atoms with Gasteiger partial charge in [-0.2, -0.15) is 0 Å². The number of thioether (sulfide) groups is 1. The molecule has 0 bridgehead atoms. The van der Waals surface area contributed by atoms with Crippen LogP contribution in [-0.2, 0) is 20.9 Å². The van der Waals surface area contributed by atoms with Crippen LogP contribution in [0.15, 0.2) is 42.7 Å². The van der Waals surface area contributed by atoms with E-state index in [1.807, 2.05) is 18.2 Å². The molecule has 2 aliphatic heterocycles. The van der Waals surface area contributed by atoms with Crippen molar-refractivity contribution >= 4 is 23.6 Å². The number of hydrogen-bond acceptors (Lipinski definition) is 8. The maximum atomic E-state index is 12.5. The van der Waals surface area contributed by atoms with E-state index in [1.165, 1.54) is 11.8 Å². The van der Waals surface area contributed by atoms with Crippen LogP contribution in [0.4, 0.5) is 0 Å². The number of carbonyl (C=O) groups excluding carboxylic acids is 2. The van der Waals surface area contributed by atoms with Gasteiger partial charge in [-0.05, 0) is 29.8 Å². The molecule has 1 atom stereocenters. The highest BCUT2D eigenvalue weighted by Crippen LogP contribution is 2.35. The van der Waals surface area contributed by atoms with Crippen LogP contribution in [0, 0.1) is 0 Å². The van der Waals surface area contributed by atoms with Crippen molar-refractivity contribution in [2.45, 2.75) is 12.6 Å². The van der Waals surface area contributed by atoms with E-state index in [1.54, 1.807) is 29.4 Å². The number of nitrogens with one attached hydrogen (secondary N) is 1. The first-order valence-corrected chi connectivity index (χ1v) is 11.5. The molecule has 1 saturated heterocycles. The molecule has 32 heavy (non-hydrogen) atoms. The fraction of sp³-hybridized carbons (Fsp3) is 0.409. The van der Waals surface area contributed by atoms with Crippen molar-refractivity contribution in [2.75, 3.05) is 44.6 Å². The fourth-order valence-corrected chi connectivity index (χ4v) is 4.02. The Kier molecular flexibility index (Phi) is 7.68. The molecule has 170 valence electrons. The van der Waals surface area contributed by atoms with Crippen LogP contribution >= 0.6 is 11.8 Å². The van der Waals surface area contributed by atoms with Gasteiger partial charge in [-0.3, -0.25) is 14.6 Å². The molecular formula is C22H25N3O6S. The minimum absolute atomic E-state index is 0.00619. The summed E-state index contributed by atoms with van der Waals surface area (Å²) in [5, 5.41) is 2.84. The fourth-order valence-electron chi connectivity index (χ4n) is 3.28. The lowest BCUT2D eigenvalue weighted by Gasteiger charge is -2.32. The Morgan fingerprint density at radius 1 is 1.16 bits per heavy atom. The van der Waals surface area contributed by atoms with Crippen LogP contribution in [-0.4, -0.2) is 72.4 Å². The standard InChI is InChI=1S/C22H25N3O6S/c26-21(24-10-16-3-5-23-6-4-16)13-32-14-22(27)25-7-8-28-18(11-25)12-29-17-1-2-19-20(9-17)31-15-30-19/h1-6,9,18H,7-8,10-15H2,(H,24,26). The summed E-state index contributed by atoms with van der Waals surface area (Å²) < 4.78 is 22.2. The van der Waals surface area contributed by atoms with Crippen molar-refractivity contribution in [3.05, 3.63) is 48.3 Å². The minimum Gasteiger partial charge on any atom is -0.491 e. The third-order valence-electron chi connectivity index (χ3n) is 4.97. The molecule has 9 nitrogen and oxygen atoms in total. The van der Waals surface area contributed by atoms with Gasteiger partial charge >= 0.3 is 0 Å². The van der Waals surface area contributed by atoms with Gasteiger partial charge in [0.15, 0.2) is 11.5 Å². The summed E-state index contributed by atoms with van der Waals surface area (Å²) in [6, 6.07) is 9.10. The van der Waals surface area contributed by atoms with Gasteiger partial charge in [-0.15, -0.1) is 11.8 Å². The van der Waals surface area contributed by atoms with Crippen LogP contribution in [0.3, 0.4) is 0 Å². The highest BCUT2D eigenvalue weighted by molar-refractivity contribution is 8.00. The number of aromatic nitrogens is 1. The van der Waals surface area contributed by atoms with Crippen LogP contribution in [0.2, 0.25) is 0 Å². The van der Waals surface area contributed by atoms with Gasteiger partial charge in [-0.1, -0.05) is 0 Å². The molecule has 2 amide bonds. The van der Waals surface area contributed by atoms with E-state index < -0.39 is 0 Å². The molecule has 1 N–H and O–H groups in total. The number of pyridine rings is 1. The van der Waals surface area contributed by atoms with Crippen molar-refractivity contribution in [1.29, 1.82) is 0 Å². The predicted octanol–water partition coefficient (Wildman–Crippen LogP) is 1.47. The van der Waals surface area contributed by atoms with Gasteiger partial charge in [0.05, 0.1) is 24.7 Å². The molecule has 1 aromatic carbocycles. The second-order valence-corrected chi connectivity index (χ2v) is 8.27. The second kappa shape index (κ2) is 11.1. The average Bonchev–Trinajstić information content (AvgIpc) is 3.30. The van der Waals surface area contributed by atoms with E-state index in [0.29, 0.717) is 50.1 Å². The van der Waals surface area contributed by atoms with Gasteiger partial charge in [0.1, 0.15) is 18.5 Å². The lowest BCUT2D eigenvalue weighted by atomic mass is 10.2. The van der Waals surface area contributed by atoms with E-state index in [-0.39, 0.29) is 36.2 Å². The number of ether oxygens (including phenoxy) is 4. The van der Waals surface area contributed by atoms with Gasteiger partial charge in [-0.25, -0.2) is 0 Å². The van der Waals surface area contributed by atoms with E-state index in [4.69, 9.17) is 18.9 Å². The number of carbonyl (C=O) groups is 2. The third kappa shape index (κ3) is 6.27. The second-order valence-electron chi connectivity index (χ2n) is 7.28. The molecule has 1 aromatic heterocycles. The molecule has 10 heteroatoms. The number of nitrogens with zero attached hydrogens (tertiary/aromatic N) is 2. The van der Waals surface area contributed by atoms with Crippen molar-refractivity contribution in [3.8, 4) is 17.2 Å². The normalized spacial score (nSPS) is 17.1. The highest BCUT2D eigenvalue weighted by Gasteiger charge is 2.25. The molecule has 4 rings (SSSR count). The van der Waals surface area contributed by atoms with Gasteiger partial charge < -0.3 is 29.2 Å². The lowest BCUT2D eigenvalue weighted by molar-refractivity contribution is -0.137. The van der Waals surface area contributed by atoms with E-state index in [9.17, 15) is 9.59 Å². The highest BCUT2D eigenvalue weighted by atomic mass is 32.2. The monoisotopic (exact) mass is 459 g/mol. The lowest BCUT2D eigenvalue weighted by Crippen LogP contribution is -2.48. The molecule has 0 aliphatic carbocycles. The Labute approximate surface area is 190 Å². The molecule has 1 unspecified atom stereocenters. The third-order valence-corrected chi connectivity index (χ3v) is 5.89. The van der Waals surface area contributed by atoms with Crippen LogP contribution in [0.25, 0.3) is 0 Å². The summed E-state index contributed by atoms with van der Waals surface area (Å²) in [6.45, 7) is 2.44. The number of morpholine rings is 1. The topological polar surface area (TPSA) is 99.2 Å². The van der Waals surface area contributed by atoms with E-state index in [2.05, 4.69) is 10.3 Å². The molecule has 3 heterocycles. The van der Waals surface area contributed by atoms with Crippen molar-refractivity contribution in [2.24, 2.45) is 0 Å². The minimum atomic E-state index is -0.216. The largest absolute Gasteiger partial charge is 0.491 e. The van der Waals surface area contributed by atoms with Crippen LogP contribution in [0.1, 0.15) is 5.56 Å². The van der Waals surface area contributed by atoms with Crippen LogP contribution < -0.4 is 19.5 Å². The molecule has 1 fully saturated rings. The van der Waals surface area contributed by atoms with Gasteiger partial charge in [0, 0.05) is 31.5 Å². The summed E-state index contributed by atoms with van der Waals surface area (Å²) in [6.07, 6.45) is 3.15. The maximum Gasteiger partial charge on any atom is 0.232 e. The summed E-state index contributed by atoms with van der Waals surface area (Å²) in [5.41, 5.74) is 0.983. The number of rotatable bonds is 9. The smallest absolute Gasteiger partial charge is 0.232 e. The quantitative estimate of drug-likeness (QED) is 0.602. The molecular weight excluding hydrogens is 434 g/mol. The van der Waals surface area contributed by atoms with Crippen molar-refractivity contribution in [3.63, 3.8) is 0 Å². The maximum absolute atomic E-state index is 12.5. The predicted molar refractivity (Wildman–Crippen MR) is 118 cm³/mol. The number of fused-ring (bicyclic) bond motifs is 1. The number of amides is 2. The Balaban J connectivity index is 1.14. The zero-order valence-electron chi connectivity index (χ0n) is 17.5. The van der Waals surface area contributed by atoms with Crippen molar-refractivity contribution in [1.82, 2.24) is 15.2 Å². The first kappa shape index (κ1) is 22.2. The zero-order chi connectivity index (χ0) is 22.2. The van der Waals surface area contributed by atoms with Gasteiger partial charge in [0.25, 0.3) is 0 Å². The SMILES string of the molecule is O=C(CSCC(=O)N1CCOC(COc2ccc3c(c2)OCO3)C1)NCc1ccncc1. The Bertz CT molecular complexity index is 929. The van der Waals surface area contributed by atoms with Crippen molar-refractivity contribution < 1.29 is 28.5 Å². The molecule has 0 spiro atoms. The summed E-state index contributed by atoms with van der Waals surface area (Å²) in [4.78, 5) is 30.2. The van der Waals surface area contributed by atoms with Gasteiger partial charge in [0.2, 0.25) is 18.6 Å². The average molecular weight is 460 g/mol. The summed E-state index contributed by atoms with van der Waals surface area (Å²) >= 11 is 1.31. The summed E-state index contributed by atoms with van der Waals surface area (Å²) in [5.74, 6) is 2.40. The Morgan fingerprint density at radius 3 is 2.88 bits per heavy atom. The molecule has 2 aromatic rings. The first-order valence-electron chi connectivity index (χ1n) is 10.3. The Hall–Kier alpha value is -2.98. The number of benzene rings is 1. The Morgan fingerprint density at radius 2 is 2.00 bits per heavy atom. The molecule has 2 aliphatic rings. The van der Waals surface area contributed by atoms with E-state index in [0.717, 1.165) is 5.56 Å². The van der Waals surface area contributed by atoms with Crippen LogP contribution in [0.5, 0.6) is 17.2 Å². The summed E-state index contributed by atoms with van der Waals surface area (Å²) in [7, 11) is 0. The number of hydrogen-bond donors (Lipinski definition) is 1.